The molecule has 2 aromatic rings. The average molecular weight is 318 g/mol. The van der Waals surface area contributed by atoms with E-state index in [0.29, 0.717) is 17.8 Å². The van der Waals surface area contributed by atoms with Gasteiger partial charge in [0, 0.05) is 22.9 Å². The number of rotatable bonds is 0. The van der Waals surface area contributed by atoms with Gasteiger partial charge in [0.2, 0.25) is 0 Å². The Labute approximate surface area is 119 Å². The number of hydrogen-bond acceptors (Lipinski definition) is 2. The number of nitriles is 1. The summed E-state index contributed by atoms with van der Waals surface area (Å²) in [4.78, 5) is 12.1. The van der Waals surface area contributed by atoms with Crippen LogP contribution in [0.25, 0.3) is 10.9 Å². The van der Waals surface area contributed by atoms with E-state index in [2.05, 4.69) is 31.9 Å². The summed E-state index contributed by atoms with van der Waals surface area (Å²) < 4.78 is 2.92. The molecule has 0 spiro atoms. The lowest BCUT2D eigenvalue weighted by atomic mass is 10.1. The van der Waals surface area contributed by atoms with Crippen molar-refractivity contribution in [3.63, 3.8) is 0 Å². The zero-order chi connectivity index (χ0) is 13.6. The monoisotopic (exact) mass is 317 g/mol. The molecule has 1 aliphatic heterocycles. The SMILES string of the molecule is Cc1c2n(c3c(Br)cc(C#N)cc13)CCCNC2=O. The van der Waals surface area contributed by atoms with Gasteiger partial charge >= 0.3 is 0 Å². The van der Waals surface area contributed by atoms with Crippen molar-refractivity contribution >= 4 is 32.7 Å². The number of hydrogen-bond donors (Lipinski definition) is 1. The van der Waals surface area contributed by atoms with E-state index in [4.69, 9.17) is 5.26 Å². The lowest BCUT2D eigenvalue weighted by Crippen LogP contribution is -2.23. The van der Waals surface area contributed by atoms with Crippen molar-refractivity contribution in [2.45, 2.75) is 19.9 Å². The smallest absolute Gasteiger partial charge is 0.268 e. The largest absolute Gasteiger partial charge is 0.351 e. The van der Waals surface area contributed by atoms with Crippen LogP contribution in [-0.4, -0.2) is 17.0 Å². The third-order valence-electron chi connectivity index (χ3n) is 3.55. The first-order valence-electron chi connectivity index (χ1n) is 6.14. The van der Waals surface area contributed by atoms with Crippen molar-refractivity contribution in [3.05, 3.63) is 33.4 Å². The minimum atomic E-state index is -0.0309. The quantitative estimate of drug-likeness (QED) is 0.812. The number of aromatic nitrogens is 1. The standard InChI is InChI=1S/C14H12BrN3O/c1-8-10-5-9(7-16)6-11(15)13(10)18-4-2-3-17-14(19)12(8)18/h5-6H,2-4H2,1H3,(H,17,19). The van der Waals surface area contributed by atoms with E-state index < -0.39 is 0 Å². The number of nitrogens with one attached hydrogen (secondary N) is 1. The summed E-state index contributed by atoms with van der Waals surface area (Å²) in [6.45, 7) is 3.45. The molecule has 2 heterocycles. The second-order valence-electron chi connectivity index (χ2n) is 4.70. The molecule has 0 saturated carbocycles. The first kappa shape index (κ1) is 12.2. The van der Waals surface area contributed by atoms with Crippen LogP contribution in [0, 0.1) is 18.3 Å². The number of carbonyl (C=O) groups is 1. The summed E-state index contributed by atoms with van der Waals surface area (Å²) >= 11 is 3.52. The summed E-state index contributed by atoms with van der Waals surface area (Å²) in [5, 5.41) is 12.9. The summed E-state index contributed by atoms with van der Waals surface area (Å²) in [6, 6.07) is 5.81. The van der Waals surface area contributed by atoms with Gasteiger partial charge in [-0.15, -0.1) is 0 Å². The average Bonchev–Trinajstić information content (AvgIpc) is 2.55. The van der Waals surface area contributed by atoms with Crippen LogP contribution in [0.2, 0.25) is 0 Å². The molecule has 1 aromatic heterocycles. The van der Waals surface area contributed by atoms with Crippen molar-refractivity contribution < 1.29 is 4.79 Å². The van der Waals surface area contributed by atoms with Crippen LogP contribution in [0.5, 0.6) is 0 Å². The number of halogens is 1. The van der Waals surface area contributed by atoms with E-state index in [1.807, 2.05) is 13.0 Å². The lowest BCUT2D eigenvalue weighted by Gasteiger charge is -2.06. The number of aryl methyl sites for hydroxylation is 2. The van der Waals surface area contributed by atoms with Crippen LogP contribution in [0.4, 0.5) is 0 Å². The lowest BCUT2D eigenvalue weighted by molar-refractivity contribution is 0.0951. The Morgan fingerprint density at radius 2 is 2.26 bits per heavy atom. The molecule has 1 aliphatic rings. The molecule has 0 radical (unpaired) electrons. The van der Waals surface area contributed by atoms with Crippen LogP contribution in [0.15, 0.2) is 16.6 Å². The summed E-state index contributed by atoms with van der Waals surface area (Å²) in [5.74, 6) is -0.0309. The summed E-state index contributed by atoms with van der Waals surface area (Å²) in [5.41, 5.74) is 3.25. The fourth-order valence-electron chi connectivity index (χ4n) is 2.70. The molecule has 4 nitrogen and oxygen atoms in total. The molecule has 1 aromatic carbocycles. The van der Waals surface area contributed by atoms with Gasteiger partial charge in [0.05, 0.1) is 17.1 Å². The van der Waals surface area contributed by atoms with Gasteiger partial charge in [-0.25, -0.2) is 0 Å². The summed E-state index contributed by atoms with van der Waals surface area (Å²) in [7, 11) is 0. The number of nitrogens with zero attached hydrogens (tertiary/aromatic N) is 2. The zero-order valence-electron chi connectivity index (χ0n) is 10.5. The Morgan fingerprint density at radius 3 is 3.00 bits per heavy atom. The van der Waals surface area contributed by atoms with E-state index in [1.165, 1.54) is 0 Å². The van der Waals surface area contributed by atoms with Crippen molar-refractivity contribution in [1.82, 2.24) is 9.88 Å². The van der Waals surface area contributed by atoms with E-state index in [0.717, 1.165) is 33.9 Å². The highest BCUT2D eigenvalue weighted by molar-refractivity contribution is 9.10. The van der Waals surface area contributed by atoms with Gasteiger partial charge in [0.15, 0.2) is 0 Å². The maximum atomic E-state index is 12.1. The molecule has 0 fully saturated rings. The van der Waals surface area contributed by atoms with Crippen molar-refractivity contribution in [2.24, 2.45) is 0 Å². The van der Waals surface area contributed by atoms with Crippen molar-refractivity contribution in [3.8, 4) is 6.07 Å². The third-order valence-corrected chi connectivity index (χ3v) is 4.16. The molecular formula is C14H12BrN3O. The highest BCUT2D eigenvalue weighted by Crippen LogP contribution is 2.33. The minimum Gasteiger partial charge on any atom is -0.351 e. The van der Waals surface area contributed by atoms with Gasteiger partial charge < -0.3 is 9.88 Å². The van der Waals surface area contributed by atoms with Crippen LogP contribution in [-0.2, 0) is 6.54 Å². The molecule has 96 valence electrons. The Bertz CT molecular complexity index is 739. The zero-order valence-corrected chi connectivity index (χ0v) is 12.0. The number of amides is 1. The topological polar surface area (TPSA) is 57.8 Å². The van der Waals surface area contributed by atoms with Gasteiger partial charge in [-0.3, -0.25) is 4.79 Å². The third kappa shape index (κ3) is 1.75. The molecular weight excluding hydrogens is 306 g/mol. The van der Waals surface area contributed by atoms with Crippen molar-refractivity contribution in [1.29, 1.82) is 5.26 Å². The number of benzene rings is 1. The summed E-state index contributed by atoms with van der Waals surface area (Å²) in [6.07, 6.45) is 0.911. The van der Waals surface area contributed by atoms with Gasteiger partial charge in [-0.1, -0.05) is 0 Å². The second-order valence-corrected chi connectivity index (χ2v) is 5.56. The number of fused-ring (bicyclic) bond motifs is 3. The van der Waals surface area contributed by atoms with E-state index in [-0.39, 0.29) is 5.91 Å². The molecule has 19 heavy (non-hydrogen) atoms. The maximum Gasteiger partial charge on any atom is 0.268 e. The molecule has 3 rings (SSSR count). The fourth-order valence-corrected chi connectivity index (χ4v) is 3.38. The van der Waals surface area contributed by atoms with Crippen LogP contribution >= 0.6 is 15.9 Å². The molecule has 0 unspecified atom stereocenters. The highest BCUT2D eigenvalue weighted by Gasteiger charge is 2.23. The van der Waals surface area contributed by atoms with E-state index in [1.54, 1.807) is 6.07 Å². The second kappa shape index (κ2) is 4.39. The Morgan fingerprint density at radius 1 is 1.47 bits per heavy atom. The van der Waals surface area contributed by atoms with Crippen molar-refractivity contribution in [2.75, 3.05) is 6.54 Å². The normalized spacial score (nSPS) is 14.7. The predicted octanol–water partition coefficient (Wildman–Crippen LogP) is 2.72. The first-order chi connectivity index (χ1) is 9.13. The Kier molecular flexibility index (Phi) is 2.83. The maximum absolute atomic E-state index is 12.1. The van der Waals surface area contributed by atoms with E-state index in [9.17, 15) is 4.79 Å². The van der Waals surface area contributed by atoms with Gasteiger partial charge in [-0.2, -0.15) is 5.26 Å². The van der Waals surface area contributed by atoms with Gasteiger partial charge in [0.1, 0.15) is 5.69 Å². The molecule has 0 bridgehead atoms. The molecule has 0 saturated heterocycles. The van der Waals surface area contributed by atoms with Gasteiger partial charge in [0.25, 0.3) is 5.91 Å². The van der Waals surface area contributed by atoms with Crippen LogP contribution in [0.1, 0.15) is 28.0 Å². The highest BCUT2D eigenvalue weighted by atomic mass is 79.9. The molecule has 5 heteroatoms. The van der Waals surface area contributed by atoms with Crippen LogP contribution < -0.4 is 5.32 Å². The molecule has 1 amide bonds. The Balaban J connectivity index is 2.43. The van der Waals surface area contributed by atoms with Gasteiger partial charge in [-0.05, 0) is 47.0 Å². The first-order valence-corrected chi connectivity index (χ1v) is 6.93. The molecule has 0 atom stereocenters. The molecule has 0 aliphatic carbocycles. The minimum absolute atomic E-state index is 0.0309. The number of carbonyl (C=O) groups excluding carboxylic acids is 1. The predicted molar refractivity (Wildman–Crippen MR) is 76.0 cm³/mol. The van der Waals surface area contributed by atoms with E-state index >= 15 is 0 Å². The fraction of sp³-hybridized carbons (Fsp3) is 0.286. The molecule has 1 N–H and O–H groups in total. The Hall–Kier alpha value is -1.80. The van der Waals surface area contributed by atoms with Crippen LogP contribution in [0.3, 0.4) is 0 Å².